The van der Waals surface area contributed by atoms with Gasteiger partial charge in [0.15, 0.2) is 0 Å². The topological polar surface area (TPSA) is 29.3 Å². The van der Waals surface area contributed by atoms with Gasteiger partial charge >= 0.3 is 0 Å². The zero-order chi connectivity index (χ0) is 9.98. The van der Waals surface area contributed by atoms with Crippen LogP contribution in [0.25, 0.3) is 0 Å². The van der Waals surface area contributed by atoms with E-state index in [4.69, 9.17) is 5.73 Å². The second kappa shape index (κ2) is 10.9. The van der Waals surface area contributed by atoms with Crippen LogP contribution < -0.4 is 5.73 Å². The third-order valence-corrected chi connectivity index (χ3v) is 1.82. The Kier molecular flexibility index (Phi) is 13.1. The van der Waals surface area contributed by atoms with Gasteiger partial charge in [0.1, 0.15) is 0 Å². The largest absolute Gasteiger partial charge is 0.330 e. The predicted octanol–water partition coefficient (Wildman–Crippen LogP) is 1.95. The first-order valence-corrected chi connectivity index (χ1v) is 5.21. The fourth-order valence-electron chi connectivity index (χ4n) is 1.22. The Bertz CT molecular complexity index is 74.2. The molecule has 1 aliphatic rings. The van der Waals surface area contributed by atoms with Crippen LogP contribution in [-0.2, 0) is 0 Å². The maximum absolute atomic E-state index is 5.47. The van der Waals surface area contributed by atoms with E-state index in [0.29, 0.717) is 0 Å². The summed E-state index contributed by atoms with van der Waals surface area (Å²) in [5.41, 5.74) is 5.47. The lowest BCUT2D eigenvalue weighted by Crippen LogP contribution is -2.18. The first-order chi connectivity index (χ1) is 5.83. The van der Waals surface area contributed by atoms with Gasteiger partial charge < -0.3 is 10.6 Å². The van der Waals surface area contributed by atoms with E-state index in [9.17, 15) is 0 Å². The molecule has 1 heterocycles. The van der Waals surface area contributed by atoms with E-state index < -0.39 is 0 Å². The summed E-state index contributed by atoms with van der Waals surface area (Å²) in [6.45, 7) is 11.3. The Morgan fingerprint density at radius 3 is 1.92 bits per heavy atom. The minimum absolute atomic E-state index is 0.778. The highest BCUT2D eigenvalue weighted by atomic mass is 15.1. The second-order valence-electron chi connectivity index (χ2n) is 2.65. The molecule has 12 heavy (non-hydrogen) atoms. The van der Waals surface area contributed by atoms with Gasteiger partial charge in [-0.1, -0.05) is 27.7 Å². The van der Waals surface area contributed by atoms with E-state index in [0.717, 1.165) is 12.5 Å². The Morgan fingerprint density at radius 2 is 1.75 bits per heavy atom. The van der Waals surface area contributed by atoms with Crippen molar-refractivity contribution in [3.05, 3.63) is 0 Å². The molecule has 0 bridgehead atoms. The number of rotatable bonds is 1. The van der Waals surface area contributed by atoms with Crippen molar-refractivity contribution in [2.75, 3.05) is 26.7 Å². The molecule has 0 aromatic heterocycles. The summed E-state index contributed by atoms with van der Waals surface area (Å²) in [5.74, 6) is 0.778. The van der Waals surface area contributed by atoms with Gasteiger partial charge in [-0.3, -0.25) is 0 Å². The Labute approximate surface area is 78.1 Å². The monoisotopic (exact) mass is 174 g/mol. The lowest BCUT2D eigenvalue weighted by atomic mass is 10.1. The Balaban J connectivity index is 0. The van der Waals surface area contributed by atoms with Crippen molar-refractivity contribution >= 4 is 0 Å². The lowest BCUT2D eigenvalue weighted by Gasteiger charge is -2.05. The maximum atomic E-state index is 5.47. The summed E-state index contributed by atoms with van der Waals surface area (Å²) in [5, 5.41) is 0. The highest BCUT2D eigenvalue weighted by Crippen LogP contribution is 2.11. The molecular formula is C10H26N2. The van der Waals surface area contributed by atoms with Crippen molar-refractivity contribution in [2.45, 2.75) is 34.1 Å². The van der Waals surface area contributed by atoms with Crippen molar-refractivity contribution < 1.29 is 0 Å². The molecule has 1 rings (SSSR count). The molecule has 1 unspecified atom stereocenters. The summed E-state index contributed by atoms with van der Waals surface area (Å²) in [7, 11) is 2.15. The molecule has 76 valence electrons. The van der Waals surface area contributed by atoms with E-state index in [1.54, 1.807) is 0 Å². The van der Waals surface area contributed by atoms with Crippen LogP contribution in [0.5, 0.6) is 0 Å². The van der Waals surface area contributed by atoms with Gasteiger partial charge in [0.25, 0.3) is 0 Å². The van der Waals surface area contributed by atoms with Gasteiger partial charge in [0, 0.05) is 6.54 Å². The molecule has 0 aromatic carbocycles. The number of likely N-dealkylation sites (tertiary alicyclic amines) is 1. The number of hydrogen-bond donors (Lipinski definition) is 1. The van der Waals surface area contributed by atoms with Gasteiger partial charge in [-0.25, -0.2) is 0 Å². The molecule has 2 heteroatoms. The quantitative estimate of drug-likeness (QED) is 0.658. The van der Waals surface area contributed by atoms with Crippen molar-refractivity contribution in [3.63, 3.8) is 0 Å². The summed E-state index contributed by atoms with van der Waals surface area (Å²) in [6, 6.07) is 0. The zero-order valence-corrected chi connectivity index (χ0v) is 9.43. The molecule has 2 N–H and O–H groups in total. The minimum atomic E-state index is 0.778. The molecular weight excluding hydrogens is 148 g/mol. The van der Waals surface area contributed by atoms with Crippen LogP contribution >= 0.6 is 0 Å². The first-order valence-electron chi connectivity index (χ1n) is 5.21. The van der Waals surface area contributed by atoms with Gasteiger partial charge in [0.05, 0.1) is 0 Å². The average Bonchev–Trinajstić information content (AvgIpc) is 2.58. The van der Waals surface area contributed by atoms with Crippen LogP contribution in [0.2, 0.25) is 0 Å². The van der Waals surface area contributed by atoms with E-state index in [2.05, 4.69) is 11.9 Å². The van der Waals surface area contributed by atoms with Gasteiger partial charge in [-0.05, 0) is 32.5 Å². The van der Waals surface area contributed by atoms with E-state index in [1.807, 2.05) is 27.7 Å². The fraction of sp³-hybridized carbons (Fsp3) is 1.00. The average molecular weight is 174 g/mol. The summed E-state index contributed by atoms with van der Waals surface area (Å²) < 4.78 is 0. The van der Waals surface area contributed by atoms with E-state index in [-0.39, 0.29) is 0 Å². The molecule has 0 radical (unpaired) electrons. The third-order valence-electron chi connectivity index (χ3n) is 1.82. The van der Waals surface area contributed by atoms with Crippen LogP contribution in [0.3, 0.4) is 0 Å². The van der Waals surface area contributed by atoms with E-state index >= 15 is 0 Å². The SMILES string of the molecule is CC.CC.CN1CCC(CN)C1. The summed E-state index contributed by atoms with van der Waals surface area (Å²) in [6.07, 6.45) is 1.30. The van der Waals surface area contributed by atoms with Crippen molar-refractivity contribution in [2.24, 2.45) is 11.7 Å². The lowest BCUT2D eigenvalue weighted by molar-refractivity contribution is 0.397. The molecule has 0 amide bonds. The summed E-state index contributed by atoms with van der Waals surface area (Å²) >= 11 is 0. The molecule has 2 nitrogen and oxygen atoms in total. The number of nitrogens with zero attached hydrogens (tertiary/aromatic N) is 1. The van der Waals surface area contributed by atoms with Gasteiger partial charge in [0.2, 0.25) is 0 Å². The van der Waals surface area contributed by atoms with Gasteiger partial charge in [-0.15, -0.1) is 0 Å². The molecule has 1 aliphatic heterocycles. The van der Waals surface area contributed by atoms with Crippen molar-refractivity contribution in [3.8, 4) is 0 Å². The highest BCUT2D eigenvalue weighted by molar-refractivity contribution is 4.72. The zero-order valence-electron chi connectivity index (χ0n) is 9.43. The molecule has 1 saturated heterocycles. The first kappa shape index (κ1) is 14.4. The second-order valence-corrected chi connectivity index (χ2v) is 2.65. The van der Waals surface area contributed by atoms with Crippen LogP contribution in [0.4, 0.5) is 0 Å². The fourth-order valence-corrected chi connectivity index (χ4v) is 1.22. The molecule has 0 aromatic rings. The molecule has 0 saturated carbocycles. The van der Waals surface area contributed by atoms with Crippen LogP contribution in [0, 0.1) is 5.92 Å². The molecule has 1 atom stereocenters. The maximum Gasteiger partial charge on any atom is 0.00191 e. The van der Waals surface area contributed by atoms with E-state index in [1.165, 1.54) is 19.5 Å². The van der Waals surface area contributed by atoms with Gasteiger partial charge in [-0.2, -0.15) is 0 Å². The van der Waals surface area contributed by atoms with Crippen LogP contribution in [0.1, 0.15) is 34.1 Å². The van der Waals surface area contributed by atoms with Crippen LogP contribution in [-0.4, -0.2) is 31.6 Å². The van der Waals surface area contributed by atoms with Crippen molar-refractivity contribution in [1.82, 2.24) is 4.90 Å². The van der Waals surface area contributed by atoms with Crippen molar-refractivity contribution in [1.29, 1.82) is 0 Å². The number of hydrogen-bond acceptors (Lipinski definition) is 2. The third kappa shape index (κ3) is 6.62. The molecule has 0 aliphatic carbocycles. The normalized spacial score (nSPS) is 22.0. The minimum Gasteiger partial charge on any atom is -0.330 e. The molecule has 0 spiro atoms. The Morgan fingerprint density at radius 1 is 1.25 bits per heavy atom. The van der Waals surface area contributed by atoms with Crippen LogP contribution in [0.15, 0.2) is 0 Å². The predicted molar refractivity (Wildman–Crippen MR) is 57.4 cm³/mol. The molecule has 1 fully saturated rings. The number of nitrogens with two attached hydrogens (primary N) is 1. The Hall–Kier alpha value is -0.0800. The standard InChI is InChI=1S/C6H14N2.2C2H6/c1-8-3-2-6(4-7)5-8;2*1-2/h6H,2-5,7H2,1H3;2*1-2H3. The smallest absolute Gasteiger partial charge is 0.00191 e. The summed E-state index contributed by atoms with van der Waals surface area (Å²) in [4.78, 5) is 2.33. The highest BCUT2D eigenvalue weighted by Gasteiger charge is 2.16.